The van der Waals surface area contributed by atoms with Gasteiger partial charge in [-0.15, -0.1) is 0 Å². The number of hydrogen-bond donors (Lipinski definition) is 2. The average Bonchev–Trinajstić information content (AvgIpc) is 2.45. The second kappa shape index (κ2) is 6.14. The van der Waals surface area contributed by atoms with Crippen molar-refractivity contribution in [3.05, 3.63) is 53.5 Å². The lowest BCUT2D eigenvalue weighted by molar-refractivity contribution is 0.790. The molecule has 20 heavy (non-hydrogen) atoms. The summed E-state index contributed by atoms with van der Waals surface area (Å²) in [6.45, 7) is 5.61. The van der Waals surface area contributed by atoms with Crippen LogP contribution in [0.25, 0.3) is 0 Å². The van der Waals surface area contributed by atoms with Crippen molar-refractivity contribution in [1.82, 2.24) is 9.97 Å². The highest BCUT2D eigenvalue weighted by Gasteiger charge is 2.08. The normalized spacial score (nSPS) is 10.3. The van der Waals surface area contributed by atoms with Crippen LogP contribution in [0.15, 0.2) is 36.5 Å². The fourth-order valence-corrected chi connectivity index (χ4v) is 1.97. The summed E-state index contributed by atoms with van der Waals surface area (Å²) in [6, 6.07) is 9.71. The first-order chi connectivity index (χ1) is 9.60. The lowest BCUT2D eigenvalue weighted by atomic mass is 10.2. The van der Waals surface area contributed by atoms with E-state index in [9.17, 15) is 0 Å². The fraction of sp³-hybridized carbons (Fsp3) is 0.267. The molecular formula is C15H19N5. The Morgan fingerprint density at radius 3 is 2.65 bits per heavy atom. The maximum Gasteiger partial charge on any atom is 0.128 e. The van der Waals surface area contributed by atoms with Crippen molar-refractivity contribution in [1.29, 1.82) is 5.41 Å². The Morgan fingerprint density at radius 1 is 1.30 bits per heavy atom. The van der Waals surface area contributed by atoms with Crippen LogP contribution in [0.1, 0.15) is 23.9 Å². The molecule has 0 unspecified atom stereocenters. The number of aromatic nitrogens is 2. The van der Waals surface area contributed by atoms with Gasteiger partial charge in [0.25, 0.3) is 0 Å². The van der Waals surface area contributed by atoms with Crippen LogP contribution in [0.4, 0.5) is 5.82 Å². The van der Waals surface area contributed by atoms with Crippen molar-refractivity contribution in [3.8, 4) is 0 Å². The predicted molar refractivity (Wildman–Crippen MR) is 81.0 cm³/mol. The van der Waals surface area contributed by atoms with Crippen molar-refractivity contribution in [3.63, 3.8) is 0 Å². The Hall–Kier alpha value is -2.43. The first-order valence-electron chi connectivity index (χ1n) is 6.58. The number of nitrogens with zero attached hydrogens (tertiary/aromatic N) is 3. The van der Waals surface area contributed by atoms with Crippen LogP contribution in [0.2, 0.25) is 0 Å². The number of hydrogen-bond acceptors (Lipinski definition) is 4. The van der Waals surface area contributed by atoms with Gasteiger partial charge in [0.2, 0.25) is 0 Å². The van der Waals surface area contributed by atoms with Crippen molar-refractivity contribution >= 4 is 11.7 Å². The minimum atomic E-state index is 0.0347. The Balaban J connectivity index is 2.17. The average molecular weight is 269 g/mol. The molecule has 5 heteroatoms. The largest absolute Gasteiger partial charge is 0.384 e. The molecule has 2 heterocycles. The van der Waals surface area contributed by atoms with E-state index in [-0.39, 0.29) is 5.84 Å². The molecule has 0 saturated carbocycles. The number of anilines is 1. The van der Waals surface area contributed by atoms with E-state index in [1.54, 1.807) is 6.20 Å². The monoisotopic (exact) mass is 269 g/mol. The third-order valence-corrected chi connectivity index (χ3v) is 3.06. The molecule has 2 aromatic heterocycles. The zero-order valence-corrected chi connectivity index (χ0v) is 11.8. The summed E-state index contributed by atoms with van der Waals surface area (Å²) < 4.78 is 0. The minimum absolute atomic E-state index is 0.0347. The van der Waals surface area contributed by atoms with Crippen molar-refractivity contribution in [2.75, 3.05) is 11.4 Å². The molecule has 0 aliphatic heterocycles. The number of amidine groups is 1. The maximum atomic E-state index is 7.38. The summed E-state index contributed by atoms with van der Waals surface area (Å²) in [7, 11) is 0. The summed E-state index contributed by atoms with van der Waals surface area (Å²) in [5.41, 5.74) is 8.10. The Kier molecular flexibility index (Phi) is 4.30. The molecule has 2 aromatic rings. The van der Waals surface area contributed by atoms with Crippen LogP contribution in [0.3, 0.4) is 0 Å². The number of nitrogen functional groups attached to an aromatic ring is 1. The standard InChI is InChI=1S/C15H19N5/c1-3-20(10-13-6-4-5-11(2)19-13)14-8-7-12(9-18-14)15(16)17/h4-9H,3,10H2,1-2H3,(H3,16,17). The highest BCUT2D eigenvalue weighted by molar-refractivity contribution is 5.94. The van der Waals surface area contributed by atoms with Crippen LogP contribution in [0, 0.1) is 12.3 Å². The van der Waals surface area contributed by atoms with E-state index in [1.165, 1.54) is 0 Å². The maximum absolute atomic E-state index is 7.38. The number of nitrogens with one attached hydrogen (secondary N) is 1. The first-order valence-corrected chi connectivity index (χ1v) is 6.58. The van der Waals surface area contributed by atoms with Crippen molar-refractivity contribution < 1.29 is 0 Å². The van der Waals surface area contributed by atoms with E-state index in [4.69, 9.17) is 11.1 Å². The summed E-state index contributed by atoms with van der Waals surface area (Å²) in [5.74, 6) is 0.897. The number of rotatable bonds is 5. The molecule has 104 valence electrons. The van der Waals surface area contributed by atoms with Gasteiger partial charge in [0.15, 0.2) is 0 Å². The number of aryl methyl sites for hydroxylation is 1. The Labute approximate surface area is 119 Å². The van der Waals surface area contributed by atoms with Gasteiger partial charge in [-0.3, -0.25) is 10.4 Å². The van der Waals surface area contributed by atoms with Gasteiger partial charge in [-0.2, -0.15) is 0 Å². The summed E-state index contributed by atoms with van der Waals surface area (Å²) in [6.07, 6.45) is 1.63. The van der Waals surface area contributed by atoms with Gasteiger partial charge in [-0.05, 0) is 38.1 Å². The zero-order chi connectivity index (χ0) is 14.5. The van der Waals surface area contributed by atoms with E-state index < -0.39 is 0 Å². The molecule has 3 N–H and O–H groups in total. The quantitative estimate of drug-likeness (QED) is 0.643. The molecule has 0 aromatic carbocycles. The first kappa shape index (κ1) is 14.0. The van der Waals surface area contributed by atoms with Crippen LogP contribution in [-0.4, -0.2) is 22.3 Å². The molecule has 0 radical (unpaired) electrons. The zero-order valence-electron chi connectivity index (χ0n) is 11.8. The number of pyridine rings is 2. The van der Waals surface area contributed by atoms with Crippen molar-refractivity contribution in [2.45, 2.75) is 20.4 Å². The summed E-state index contributed by atoms with van der Waals surface area (Å²) >= 11 is 0. The van der Waals surface area contributed by atoms with Crippen LogP contribution in [-0.2, 0) is 6.54 Å². The van der Waals surface area contributed by atoms with E-state index in [2.05, 4.69) is 21.8 Å². The van der Waals surface area contributed by atoms with Gasteiger partial charge in [-0.1, -0.05) is 6.07 Å². The van der Waals surface area contributed by atoms with E-state index in [1.807, 2.05) is 37.3 Å². The molecule has 0 amide bonds. The smallest absolute Gasteiger partial charge is 0.128 e. The molecule has 0 aliphatic rings. The van der Waals surface area contributed by atoms with Gasteiger partial charge in [0.1, 0.15) is 11.7 Å². The lowest BCUT2D eigenvalue weighted by Crippen LogP contribution is -2.24. The van der Waals surface area contributed by atoms with E-state index >= 15 is 0 Å². The lowest BCUT2D eigenvalue weighted by Gasteiger charge is -2.21. The molecule has 0 saturated heterocycles. The van der Waals surface area contributed by atoms with Crippen LogP contribution < -0.4 is 10.6 Å². The fourth-order valence-electron chi connectivity index (χ4n) is 1.97. The molecule has 0 fully saturated rings. The van der Waals surface area contributed by atoms with Gasteiger partial charge < -0.3 is 10.6 Å². The minimum Gasteiger partial charge on any atom is -0.384 e. The van der Waals surface area contributed by atoms with Crippen LogP contribution in [0.5, 0.6) is 0 Å². The topological polar surface area (TPSA) is 78.9 Å². The second-order valence-corrected chi connectivity index (χ2v) is 4.60. The van der Waals surface area contributed by atoms with Gasteiger partial charge in [-0.25, -0.2) is 4.98 Å². The highest BCUT2D eigenvalue weighted by atomic mass is 15.2. The molecule has 0 aliphatic carbocycles. The highest BCUT2D eigenvalue weighted by Crippen LogP contribution is 2.14. The SMILES string of the molecule is CCN(Cc1cccc(C)n1)c1ccc(C(=N)N)cn1. The molecule has 0 bridgehead atoms. The molecule has 2 rings (SSSR count). The number of nitrogens with two attached hydrogens (primary N) is 1. The molecular weight excluding hydrogens is 250 g/mol. The third-order valence-electron chi connectivity index (χ3n) is 3.06. The third kappa shape index (κ3) is 3.32. The van der Waals surface area contributed by atoms with Gasteiger partial charge >= 0.3 is 0 Å². The van der Waals surface area contributed by atoms with Gasteiger partial charge in [0.05, 0.1) is 12.2 Å². The van der Waals surface area contributed by atoms with E-state index in [0.717, 1.165) is 23.8 Å². The Bertz CT molecular complexity index is 591. The second-order valence-electron chi connectivity index (χ2n) is 4.60. The molecule has 5 nitrogen and oxygen atoms in total. The van der Waals surface area contributed by atoms with Crippen molar-refractivity contribution in [2.24, 2.45) is 5.73 Å². The Morgan fingerprint density at radius 2 is 2.10 bits per heavy atom. The summed E-state index contributed by atoms with van der Waals surface area (Å²) in [4.78, 5) is 11.0. The van der Waals surface area contributed by atoms with E-state index in [0.29, 0.717) is 12.1 Å². The predicted octanol–water partition coefficient (Wildman–Crippen LogP) is 2.10. The molecule has 0 atom stereocenters. The molecule has 0 spiro atoms. The van der Waals surface area contributed by atoms with Crippen LogP contribution >= 0.6 is 0 Å². The van der Waals surface area contributed by atoms with Gasteiger partial charge in [0, 0.05) is 24.0 Å². The summed E-state index contributed by atoms with van der Waals surface area (Å²) in [5, 5.41) is 7.38.